The molecule has 0 spiro atoms. The van der Waals surface area contributed by atoms with E-state index >= 15 is 0 Å². The number of methoxy groups -OCH3 is 1. The monoisotopic (exact) mass is 249 g/mol. The molecule has 17 heavy (non-hydrogen) atoms. The summed E-state index contributed by atoms with van der Waals surface area (Å²) in [6.07, 6.45) is -4.41. The van der Waals surface area contributed by atoms with Crippen LogP contribution in [0.15, 0.2) is 0 Å². The van der Waals surface area contributed by atoms with Gasteiger partial charge in [-0.2, -0.15) is 23.7 Å². The lowest BCUT2D eigenvalue weighted by Crippen LogP contribution is -2.38. The minimum atomic E-state index is -4.54. The molecule has 0 heterocycles. The van der Waals surface area contributed by atoms with E-state index in [9.17, 15) is 13.2 Å². The average molecular weight is 249 g/mol. The second kappa shape index (κ2) is 7.88. The third-order valence-electron chi connectivity index (χ3n) is 2.14. The Labute approximate surface area is 98.2 Å². The van der Waals surface area contributed by atoms with Crippen LogP contribution >= 0.6 is 0 Å². The SMILES string of the molecule is COCCN(CCC#N)CC(C#N)C(F)(F)F. The number of rotatable bonds is 7. The summed E-state index contributed by atoms with van der Waals surface area (Å²) >= 11 is 0. The normalized spacial score (nSPS) is 13.1. The Morgan fingerprint density at radius 2 is 1.94 bits per heavy atom. The van der Waals surface area contributed by atoms with E-state index in [1.54, 1.807) is 0 Å². The minimum Gasteiger partial charge on any atom is -0.383 e. The molecule has 1 unspecified atom stereocenters. The van der Waals surface area contributed by atoms with Gasteiger partial charge in [-0.05, 0) is 0 Å². The van der Waals surface area contributed by atoms with Gasteiger partial charge in [0.25, 0.3) is 0 Å². The van der Waals surface area contributed by atoms with Crippen LogP contribution in [0.25, 0.3) is 0 Å². The van der Waals surface area contributed by atoms with Gasteiger partial charge >= 0.3 is 6.18 Å². The van der Waals surface area contributed by atoms with Crippen molar-refractivity contribution in [3.63, 3.8) is 0 Å². The lowest BCUT2D eigenvalue weighted by molar-refractivity contribution is -0.163. The summed E-state index contributed by atoms with van der Waals surface area (Å²) in [7, 11) is 1.44. The summed E-state index contributed by atoms with van der Waals surface area (Å²) in [6.45, 7) is 0.313. The number of nitrogens with zero attached hydrogens (tertiary/aromatic N) is 3. The highest BCUT2D eigenvalue weighted by atomic mass is 19.4. The van der Waals surface area contributed by atoms with Gasteiger partial charge in [0.15, 0.2) is 5.92 Å². The zero-order valence-corrected chi connectivity index (χ0v) is 9.50. The van der Waals surface area contributed by atoms with E-state index in [4.69, 9.17) is 15.3 Å². The van der Waals surface area contributed by atoms with Crippen LogP contribution in [0.2, 0.25) is 0 Å². The van der Waals surface area contributed by atoms with Crippen molar-refractivity contribution in [3.8, 4) is 12.1 Å². The summed E-state index contributed by atoms with van der Waals surface area (Å²) in [5, 5.41) is 16.9. The summed E-state index contributed by atoms with van der Waals surface area (Å²) in [5.41, 5.74) is 0. The second-order valence-electron chi connectivity index (χ2n) is 3.42. The molecule has 7 heteroatoms. The fraction of sp³-hybridized carbons (Fsp3) is 0.800. The molecule has 0 aliphatic rings. The predicted molar refractivity (Wildman–Crippen MR) is 53.7 cm³/mol. The molecule has 0 aromatic carbocycles. The molecule has 0 rings (SSSR count). The maximum absolute atomic E-state index is 12.4. The number of halogens is 3. The Morgan fingerprint density at radius 3 is 2.35 bits per heavy atom. The quantitative estimate of drug-likeness (QED) is 0.686. The van der Waals surface area contributed by atoms with Crippen LogP contribution in [0.5, 0.6) is 0 Å². The number of hydrogen-bond donors (Lipinski definition) is 0. The van der Waals surface area contributed by atoms with E-state index in [1.165, 1.54) is 18.1 Å². The first kappa shape index (κ1) is 15.7. The van der Waals surface area contributed by atoms with Crippen LogP contribution in [0.1, 0.15) is 6.42 Å². The fourth-order valence-electron chi connectivity index (χ4n) is 1.20. The molecule has 0 fully saturated rings. The van der Waals surface area contributed by atoms with Gasteiger partial charge in [0.2, 0.25) is 0 Å². The summed E-state index contributed by atoms with van der Waals surface area (Å²) in [4.78, 5) is 1.41. The molecule has 1 atom stereocenters. The second-order valence-corrected chi connectivity index (χ2v) is 3.42. The van der Waals surface area contributed by atoms with E-state index in [0.29, 0.717) is 0 Å². The maximum atomic E-state index is 12.4. The Morgan fingerprint density at radius 1 is 1.29 bits per heavy atom. The highest BCUT2D eigenvalue weighted by molar-refractivity contribution is 4.91. The summed E-state index contributed by atoms with van der Waals surface area (Å²) < 4.78 is 41.9. The Balaban J connectivity index is 4.39. The summed E-state index contributed by atoms with van der Waals surface area (Å²) in [6, 6.07) is 3.09. The average Bonchev–Trinajstić information content (AvgIpc) is 2.26. The molecular formula is C10H14F3N3O. The van der Waals surface area contributed by atoms with Gasteiger partial charge in [-0.15, -0.1) is 0 Å². The molecule has 0 aliphatic carbocycles. The molecule has 0 N–H and O–H groups in total. The van der Waals surface area contributed by atoms with Crippen molar-refractivity contribution in [1.29, 1.82) is 10.5 Å². The number of ether oxygens (including phenoxy) is 1. The van der Waals surface area contributed by atoms with Crippen molar-refractivity contribution in [3.05, 3.63) is 0 Å². The molecule has 0 aromatic rings. The highest BCUT2D eigenvalue weighted by Crippen LogP contribution is 2.26. The highest BCUT2D eigenvalue weighted by Gasteiger charge is 2.40. The van der Waals surface area contributed by atoms with E-state index in [1.807, 2.05) is 6.07 Å². The van der Waals surface area contributed by atoms with Gasteiger partial charge in [-0.1, -0.05) is 0 Å². The topological polar surface area (TPSA) is 60.0 Å². The van der Waals surface area contributed by atoms with Crippen molar-refractivity contribution >= 4 is 0 Å². The van der Waals surface area contributed by atoms with E-state index in [-0.39, 0.29) is 26.1 Å². The van der Waals surface area contributed by atoms with Gasteiger partial charge < -0.3 is 4.74 Å². The van der Waals surface area contributed by atoms with Crippen LogP contribution in [-0.4, -0.2) is 44.4 Å². The van der Waals surface area contributed by atoms with E-state index in [0.717, 1.165) is 0 Å². The number of nitriles is 2. The van der Waals surface area contributed by atoms with Crippen molar-refractivity contribution in [2.24, 2.45) is 5.92 Å². The standard InChI is InChI=1S/C10H14F3N3O/c1-17-6-5-16(4-2-3-14)8-9(7-15)10(11,12)13/h9H,2,4-6,8H2,1H3. The minimum absolute atomic E-state index is 0.125. The molecule has 0 radical (unpaired) electrons. The molecule has 4 nitrogen and oxygen atoms in total. The van der Waals surface area contributed by atoms with Crippen LogP contribution in [0.4, 0.5) is 13.2 Å². The van der Waals surface area contributed by atoms with Gasteiger partial charge in [-0.3, -0.25) is 4.90 Å². The van der Waals surface area contributed by atoms with Gasteiger partial charge in [0, 0.05) is 33.2 Å². The molecule has 0 aliphatic heterocycles. The lowest BCUT2D eigenvalue weighted by Gasteiger charge is -2.24. The van der Waals surface area contributed by atoms with Crippen molar-refractivity contribution in [2.45, 2.75) is 12.6 Å². The molecule has 0 amide bonds. The van der Waals surface area contributed by atoms with E-state index in [2.05, 4.69) is 0 Å². The molecular weight excluding hydrogens is 235 g/mol. The van der Waals surface area contributed by atoms with E-state index < -0.39 is 18.6 Å². The van der Waals surface area contributed by atoms with Gasteiger partial charge in [-0.25, -0.2) is 0 Å². The number of alkyl halides is 3. The Hall–Kier alpha value is -1.31. The maximum Gasteiger partial charge on any atom is 0.405 e. The van der Waals surface area contributed by atoms with Crippen LogP contribution in [-0.2, 0) is 4.74 Å². The fourth-order valence-corrected chi connectivity index (χ4v) is 1.20. The van der Waals surface area contributed by atoms with Crippen LogP contribution in [0.3, 0.4) is 0 Å². The van der Waals surface area contributed by atoms with Crippen molar-refractivity contribution in [1.82, 2.24) is 4.90 Å². The van der Waals surface area contributed by atoms with Crippen molar-refractivity contribution in [2.75, 3.05) is 33.4 Å². The molecule has 0 saturated carbocycles. The van der Waals surface area contributed by atoms with Crippen LogP contribution in [0, 0.1) is 28.6 Å². The number of hydrogen-bond acceptors (Lipinski definition) is 4. The lowest BCUT2D eigenvalue weighted by atomic mass is 10.1. The third-order valence-corrected chi connectivity index (χ3v) is 2.14. The Bertz CT molecular complexity index is 293. The molecule has 0 bridgehead atoms. The third kappa shape index (κ3) is 6.77. The Kier molecular flexibility index (Phi) is 7.27. The molecule has 0 aromatic heterocycles. The van der Waals surface area contributed by atoms with Crippen LogP contribution < -0.4 is 0 Å². The van der Waals surface area contributed by atoms with Gasteiger partial charge in [0.1, 0.15) is 0 Å². The van der Waals surface area contributed by atoms with Gasteiger partial charge in [0.05, 0.1) is 18.7 Å². The zero-order valence-electron chi connectivity index (χ0n) is 9.50. The smallest absolute Gasteiger partial charge is 0.383 e. The largest absolute Gasteiger partial charge is 0.405 e. The first-order valence-corrected chi connectivity index (χ1v) is 5.00. The summed E-state index contributed by atoms with van der Waals surface area (Å²) in [5.74, 6) is -2.03. The zero-order chi connectivity index (χ0) is 13.3. The van der Waals surface area contributed by atoms with Crippen molar-refractivity contribution < 1.29 is 17.9 Å². The predicted octanol–water partition coefficient (Wildman–Crippen LogP) is 1.55. The molecule has 96 valence electrons. The first-order valence-electron chi connectivity index (χ1n) is 5.00. The first-order chi connectivity index (χ1) is 7.95. The molecule has 0 saturated heterocycles.